The Hall–Kier alpha value is -1.90. The van der Waals surface area contributed by atoms with Gasteiger partial charge in [-0.2, -0.15) is 0 Å². The molecule has 2 rings (SSSR count). The fraction of sp³-hybridized carbons (Fsp3) is 0.600. The van der Waals surface area contributed by atoms with Gasteiger partial charge in [-0.3, -0.25) is 4.79 Å². The molecule has 0 aliphatic carbocycles. The lowest BCUT2D eigenvalue weighted by Crippen LogP contribution is -2.14. The zero-order valence-electron chi connectivity index (χ0n) is 10.9. The number of aryl methyl sites for hydroxylation is 1. The van der Waals surface area contributed by atoms with Crippen molar-refractivity contribution in [2.75, 3.05) is 0 Å². The van der Waals surface area contributed by atoms with Gasteiger partial charge in [0.05, 0.1) is 18.7 Å². The maximum atomic E-state index is 10.6. The summed E-state index contributed by atoms with van der Waals surface area (Å²) >= 11 is 1.21. The minimum atomic E-state index is -0.889. The molecule has 0 saturated heterocycles. The average molecular weight is 282 g/mol. The Morgan fingerprint density at radius 1 is 1.37 bits per heavy atom. The third kappa shape index (κ3) is 2.92. The summed E-state index contributed by atoms with van der Waals surface area (Å²) in [4.78, 5) is 11.4. The summed E-state index contributed by atoms with van der Waals surface area (Å²) in [6.45, 7) is 6.30. The maximum Gasteiger partial charge on any atom is 0.305 e. The van der Waals surface area contributed by atoms with Crippen molar-refractivity contribution < 1.29 is 9.90 Å². The molecule has 9 heteroatoms. The van der Waals surface area contributed by atoms with Gasteiger partial charge in [-0.15, -0.1) is 10.2 Å². The van der Waals surface area contributed by atoms with E-state index in [2.05, 4.69) is 25.1 Å². The SMILES string of the molecule is CC(C)(C)c1nnsc1-c1nnnn1CCC(=O)O. The highest BCUT2D eigenvalue weighted by Crippen LogP contribution is 2.32. The lowest BCUT2D eigenvalue weighted by atomic mass is 9.91. The smallest absolute Gasteiger partial charge is 0.305 e. The molecule has 0 aromatic carbocycles. The number of aromatic nitrogens is 6. The van der Waals surface area contributed by atoms with Crippen LogP contribution in [0.25, 0.3) is 10.7 Å². The number of rotatable bonds is 4. The molecule has 0 bridgehead atoms. The number of aliphatic carboxylic acids is 1. The molecule has 2 aromatic rings. The van der Waals surface area contributed by atoms with Crippen molar-refractivity contribution in [3.8, 4) is 10.7 Å². The van der Waals surface area contributed by atoms with Crippen LogP contribution in [0.1, 0.15) is 32.9 Å². The summed E-state index contributed by atoms with van der Waals surface area (Å²) in [6.07, 6.45) is -0.0326. The molecule has 8 nitrogen and oxygen atoms in total. The molecule has 0 aliphatic rings. The monoisotopic (exact) mass is 282 g/mol. The second-order valence-corrected chi connectivity index (χ2v) is 5.82. The molecule has 0 radical (unpaired) electrons. The van der Waals surface area contributed by atoms with Crippen molar-refractivity contribution in [3.63, 3.8) is 0 Å². The Bertz CT molecular complexity index is 585. The number of carbonyl (C=O) groups is 1. The molecule has 2 aromatic heterocycles. The fourth-order valence-corrected chi connectivity index (χ4v) is 2.41. The Kier molecular flexibility index (Phi) is 3.56. The van der Waals surface area contributed by atoms with Crippen molar-refractivity contribution in [3.05, 3.63) is 5.69 Å². The summed E-state index contributed by atoms with van der Waals surface area (Å²) in [5, 5.41) is 24.2. The molecule has 0 atom stereocenters. The van der Waals surface area contributed by atoms with E-state index >= 15 is 0 Å². The molecule has 0 unspecified atom stereocenters. The normalized spacial score (nSPS) is 11.7. The van der Waals surface area contributed by atoms with Crippen molar-refractivity contribution in [2.24, 2.45) is 0 Å². The van der Waals surface area contributed by atoms with Crippen LogP contribution in [0.5, 0.6) is 0 Å². The third-order valence-electron chi connectivity index (χ3n) is 2.47. The van der Waals surface area contributed by atoms with Crippen LogP contribution in [-0.4, -0.2) is 40.9 Å². The molecule has 0 spiro atoms. The maximum absolute atomic E-state index is 10.6. The van der Waals surface area contributed by atoms with Gasteiger partial charge in [0.25, 0.3) is 0 Å². The molecule has 0 fully saturated rings. The Morgan fingerprint density at radius 3 is 2.74 bits per heavy atom. The topological polar surface area (TPSA) is 107 Å². The van der Waals surface area contributed by atoms with E-state index in [0.29, 0.717) is 5.82 Å². The van der Waals surface area contributed by atoms with Crippen molar-refractivity contribution in [1.82, 2.24) is 29.8 Å². The van der Waals surface area contributed by atoms with E-state index in [0.717, 1.165) is 10.6 Å². The molecule has 0 aliphatic heterocycles. The highest BCUT2D eigenvalue weighted by atomic mass is 32.1. The predicted octanol–water partition coefficient (Wildman–Crippen LogP) is 0.964. The molecule has 1 N–H and O–H groups in total. The van der Waals surface area contributed by atoms with E-state index < -0.39 is 5.97 Å². The largest absolute Gasteiger partial charge is 0.481 e. The van der Waals surface area contributed by atoms with Crippen LogP contribution >= 0.6 is 11.5 Å². The second-order valence-electron chi connectivity index (χ2n) is 5.07. The fourth-order valence-electron chi connectivity index (χ4n) is 1.55. The van der Waals surface area contributed by atoms with E-state index in [1.807, 2.05) is 20.8 Å². The first-order valence-electron chi connectivity index (χ1n) is 5.71. The molecular formula is C10H14N6O2S. The molecule has 0 saturated carbocycles. The standard InChI is InChI=1S/C10H14N6O2S/c1-10(2,3)8-7(19-15-11-8)9-12-13-14-16(9)5-4-6(17)18/h4-5H2,1-3H3,(H,17,18). The first kappa shape index (κ1) is 13.5. The van der Waals surface area contributed by atoms with Gasteiger partial charge in [0.2, 0.25) is 0 Å². The first-order valence-corrected chi connectivity index (χ1v) is 6.48. The Balaban J connectivity index is 2.35. The van der Waals surface area contributed by atoms with E-state index in [4.69, 9.17) is 5.11 Å². The summed E-state index contributed by atoms with van der Waals surface area (Å²) < 4.78 is 5.42. The quantitative estimate of drug-likeness (QED) is 0.890. The van der Waals surface area contributed by atoms with Crippen LogP contribution in [0.4, 0.5) is 0 Å². The molecule has 19 heavy (non-hydrogen) atoms. The van der Waals surface area contributed by atoms with Gasteiger partial charge in [0.1, 0.15) is 4.88 Å². The van der Waals surface area contributed by atoms with Gasteiger partial charge in [-0.25, -0.2) is 4.68 Å². The molecule has 0 amide bonds. The number of carboxylic acid groups (broad SMARTS) is 1. The van der Waals surface area contributed by atoms with Gasteiger partial charge < -0.3 is 5.11 Å². The van der Waals surface area contributed by atoms with Gasteiger partial charge >= 0.3 is 5.97 Å². The van der Waals surface area contributed by atoms with E-state index in [1.54, 1.807) is 0 Å². The van der Waals surface area contributed by atoms with Crippen LogP contribution in [0.3, 0.4) is 0 Å². The third-order valence-corrected chi connectivity index (χ3v) is 3.19. The van der Waals surface area contributed by atoms with Gasteiger partial charge in [0, 0.05) is 5.41 Å². The second kappa shape index (κ2) is 5.00. The summed E-state index contributed by atoms with van der Waals surface area (Å²) in [5.74, 6) is -0.374. The summed E-state index contributed by atoms with van der Waals surface area (Å²) in [5.41, 5.74) is 0.634. The van der Waals surface area contributed by atoms with Crippen molar-refractivity contribution >= 4 is 17.5 Å². The number of nitrogens with zero attached hydrogens (tertiary/aromatic N) is 6. The average Bonchev–Trinajstić information content (AvgIpc) is 2.93. The van der Waals surface area contributed by atoms with Crippen LogP contribution in [-0.2, 0) is 16.8 Å². The zero-order chi connectivity index (χ0) is 14.0. The van der Waals surface area contributed by atoms with E-state index in [9.17, 15) is 4.79 Å². The van der Waals surface area contributed by atoms with E-state index in [-0.39, 0.29) is 18.4 Å². The summed E-state index contributed by atoms with van der Waals surface area (Å²) in [6, 6.07) is 0. The van der Waals surface area contributed by atoms with E-state index in [1.165, 1.54) is 16.2 Å². The van der Waals surface area contributed by atoms with Crippen LogP contribution < -0.4 is 0 Å². The lowest BCUT2D eigenvalue weighted by Gasteiger charge is -2.15. The minimum Gasteiger partial charge on any atom is -0.481 e. The van der Waals surface area contributed by atoms with Gasteiger partial charge in [0.15, 0.2) is 5.82 Å². The molecular weight excluding hydrogens is 268 g/mol. The minimum absolute atomic E-state index is 0.0326. The van der Waals surface area contributed by atoms with Crippen LogP contribution in [0.15, 0.2) is 0 Å². The predicted molar refractivity (Wildman–Crippen MR) is 67.7 cm³/mol. The van der Waals surface area contributed by atoms with Crippen molar-refractivity contribution in [2.45, 2.75) is 39.2 Å². The highest BCUT2D eigenvalue weighted by molar-refractivity contribution is 7.09. The van der Waals surface area contributed by atoms with Gasteiger partial charge in [-0.05, 0) is 22.0 Å². The summed E-state index contributed by atoms with van der Waals surface area (Å²) in [7, 11) is 0. The first-order chi connectivity index (χ1) is 8.89. The molecule has 102 valence electrons. The van der Waals surface area contributed by atoms with Crippen molar-refractivity contribution in [1.29, 1.82) is 0 Å². The number of hydrogen-bond donors (Lipinski definition) is 1. The Morgan fingerprint density at radius 2 is 2.11 bits per heavy atom. The Labute approximate surface area is 113 Å². The number of tetrazole rings is 1. The highest BCUT2D eigenvalue weighted by Gasteiger charge is 2.26. The van der Waals surface area contributed by atoms with Crippen LogP contribution in [0, 0.1) is 0 Å². The van der Waals surface area contributed by atoms with Gasteiger partial charge in [-0.1, -0.05) is 25.3 Å². The molecule has 2 heterocycles. The van der Waals surface area contributed by atoms with Crippen LogP contribution in [0.2, 0.25) is 0 Å². The zero-order valence-corrected chi connectivity index (χ0v) is 11.7. The number of hydrogen-bond acceptors (Lipinski definition) is 7. The lowest BCUT2D eigenvalue weighted by molar-refractivity contribution is -0.137. The number of carboxylic acids is 1.